The number of hydrogen-bond acceptors (Lipinski definition) is 9. The molecule has 0 aliphatic carbocycles. The third-order valence-corrected chi connectivity index (χ3v) is 3.19. The van der Waals surface area contributed by atoms with Gasteiger partial charge in [0.25, 0.3) is 0 Å². The van der Waals surface area contributed by atoms with Gasteiger partial charge in [-0.05, 0) is 5.53 Å². The minimum atomic E-state index is 0.309. The van der Waals surface area contributed by atoms with Crippen LogP contribution in [0.3, 0.4) is 0 Å². The fourth-order valence-electron chi connectivity index (χ4n) is 1.82. The van der Waals surface area contributed by atoms with Gasteiger partial charge in [-0.25, -0.2) is 0 Å². The second-order valence-electron chi connectivity index (χ2n) is 5.50. The van der Waals surface area contributed by atoms with E-state index in [0.717, 1.165) is 0 Å². The lowest BCUT2D eigenvalue weighted by Gasteiger charge is -2.08. The van der Waals surface area contributed by atoms with Gasteiger partial charge in [0.05, 0.1) is 99.1 Å². The maximum Gasteiger partial charge on any atom is 0.107 e. The summed E-state index contributed by atoms with van der Waals surface area (Å²) in [6, 6.07) is 0. The Labute approximate surface area is 178 Å². The van der Waals surface area contributed by atoms with Gasteiger partial charge in [-0.1, -0.05) is 11.0 Å². The number of rotatable bonds is 25. The van der Waals surface area contributed by atoms with Crippen LogP contribution < -0.4 is 0 Å². The van der Waals surface area contributed by atoms with Crippen molar-refractivity contribution in [1.29, 1.82) is 0 Å². The lowest BCUT2D eigenvalue weighted by Crippen LogP contribution is -2.15. The van der Waals surface area contributed by atoms with Crippen molar-refractivity contribution in [3.05, 3.63) is 10.4 Å². The minimum Gasteiger partial charge on any atom is -0.379 e. The fraction of sp³-hybridized carbons (Fsp3) is 0.895. The Hall–Kier alpha value is -1.45. The summed E-state index contributed by atoms with van der Waals surface area (Å²) in [6.07, 6.45) is 5.05. The normalized spacial score (nSPS) is 10.6. The lowest BCUT2D eigenvalue weighted by atomic mass is 10.6. The van der Waals surface area contributed by atoms with Gasteiger partial charge in [-0.3, -0.25) is 0 Å². The standard InChI is InChI=1S/C19H35N3O8/c1-2-4-23-6-8-25-10-12-27-14-16-29-18-19-30-17-15-28-13-11-26-9-7-24-5-3-21-22-20/h1H,3-19H2. The van der Waals surface area contributed by atoms with E-state index in [4.69, 9.17) is 49.8 Å². The van der Waals surface area contributed by atoms with E-state index in [2.05, 4.69) is 15.9 Å². The summed E-state index contributed by atoms with van der Waals surface area (Å²) in [5, 5.41) is 3.36. The van der Waals surface area contributed by atoms with Crippen LogP contribution in [0.2, 0.25) is 0 Å². The molecule has 0 atom stereocenters. The van der Waals surface area contributed by atoms with Crippen molar-refractivity contribution in [3.63, 3.8) is 0 Å². The molecular weight excluding hydrogens is 398 g/mol. The van der Waals surface area contributed by atoms with Gasteiger partial charge in [-0.15, -0.1) is 6.42 Å². The number of hydrogen-bond donors (Lipinski definition) is 0. The summed E-state index contributed by atoms with van der Waals surface area (Å²) >= 11 is 0. The third-order valence-electron chi connectivity index (χ3n) is 3.19. The van der Waals surface area contributed by atoms with Gasteiger partial charge >= 0.3 is 0 Å². The summed E-state index contributed by atoms with van der Waals surface area (Å²) in [7, 11) is 0. The first-order valence-electron chi connectivity index (χ1n) is 9.98. The van der Waals surface area contributed by atoms with E-state index >= 15 is 0 Å². The number of ether oxygens (including phenoxy) is 8. The second kappa shape index (κ2) is 27.5. The Morgan fingerprint density at radius 2 is 0.833 bits per heavy atom. The van der Waals surface area contributed by atoms with E-state index in [0.29, 0.717) is 112 Å². The van der Waals surface area contributed by atoms with Crippen LogP contribution in [0.25, 0.3) is 10.4 Å². The van der Waals surface area contributed by atoms with E-state index < -0.39 is 0 Å². The summed E-state index contributed by atoms with van der Waals surface area (Å²) in [5.74, 6) is 2.39. The Balaban J connectivity index is 3.00. The zero-order valence-electron chi connectivity index (χ0n) is 17.7. The molecule has 11 nitrogen and oxygen atoms in total. The van der Waals surface area contributed by atoms with Crippen molar-refractivity contribution >= 4 is 0 Å². The largest absolute Gasteiger partial charge is 0.379 e. The van der Waals surface area contributed by atoms with Crippen molar-refractivity contribution in [2.45, 2.75) is 0 Å². The van der Waals surface area contributed by atoms with E-state index in [-0.39, 0.29) is 0 Å². The smallest absolute Gasteiger partial charge is 0.107 e. The molecule has 0 aromatic heterocycles. The first-order chi connectivity index (χ1) is 14.9. The van der Waals surface area contributed by atoms with Crippen LogP contribution in [0, 0.1) is 12.3 Å². The first-order valence-corrected chi connectivity index (χ1v) is 9.98. The Morgan fingerprint density at radius 3 is 1.13 bits per heavy atom. The molecule has 0 bridgehead atoms. The quantitative estimate of drug-likeness (QED) is 0.0689. The highest BCUT2D eigenvalue weighted by Crippen LogP contribution is 1.85. The van der Waals surface area contributed by atoms with Gasteiger partial charge in [0.2, 0.25) is 0 Å². The maximum absolute atomic E-state index is 8.09. The molecule has 11 heteroatoms. The molecule has 0 aromatic carbocycles. The molecule has 174 valence electrons. The molecule has 0 spiro atoms. The van der Waals surface area contributed by atoms with Gasteiger partial charge in [0.15, 0.2) is 0 Å². The fourth-order valence-corrected chi connectivity index (χ4v) is 1.82. The maximum atomic E-state index is 8.09. The molecule has 0 aliphatic rings. The van der Waals surface area contributed by atoms with E-state index in [1.807, 2.05) is 0 Å². The summed E-state index contributed by atoms with van der Waals surface area (Å²) in [4.78, 5) is 2.63. The number of terminal acetylenes is 1. The van der Waals surface area contributed by atoms with Gasteiger partial charge in [0, 0.05) is 11.5 Å². The molecular formula is C19H35N3O8. The number of nitrogens with zero attached hydrogens (tertiary/aromatic N) is 3. The topological polar surface area (TPSA) is 123 Å². The summed E-state index contributed by atoms with van der Waals surface area (Å²) in [5.41, 5.74) is 8.09. The van der Waals surface area contributed by atoms with Crippen molar-refractivity contribution in [3.8, 4) is 12.3 Å². The zero-order chi connectivity index (χ0) is 21.8. The molecule has 30 heavy (non-hydrogen) atoms. The highest BCUT2D eigenvalue weighted by Gasteiger charge is 1.94. The van der Waals surface area contributed by atoms with E-state index in [1.165, 1.54) is 0 Å². The lowest BCUT2D eigenvalue weighted by molar-refractivity contribution is -0.0223. The molecule has 0 saturated heterocycles. The monoisotopic (exact) mass is 433 g/mol. The molecule has 0 unspecified atom stereocenters. The Bertz CT molecular complexity index is 430. The SMILES string of the molecule is C#CCOCCOCCOCCOCCOCCOCCOCCOCCN=[N+]=[N-]. The molecule has 0 amide bonds. The second-order valence-corrected chi connectivity index (χ2v) is 5.50. The molecule has 0 fully saturated rings. The molecule has 0 heterocycles. The molecule has 0 aromatic rings. The van der Waals surface area contributed by atoms with Crippen molar-refractivity contribution < 1.29 is 37.9 Å². The third kappa shape index (κ3) is 26.6. The molecule has 0 aliphatic heterocycles. The van der Waals surface area contributed by atoms with Crippen LogP contribution >= 0.6 is 0 Å². The highest BCUT2D eigenvalue weighted by atomic mass is 16.6. The van der Waals surface area contributed by atoms with Crippen molar-refractivity contribution in [1.82, 2.24) is 0 Å². The van der Waals surface area contributed by atoms with Crippen LogP contribution in [0.15, 0.2) is 5.11 Å². The zero-order valence-corrected chi connectivity index (χ0v) is 17.7. The van der Waals surface area contributed by atoms with Gasteiger partial charge in [-0.2, -0.15) is 0 Å². The van der Waals surface area contributed by atoms with E-state index in [1.54, 1.807) is 0 Å². The Kier molecular flexibility index (Phi) is 26.2. The summed E-state index contributed by atoms with van der Waals surface area (Å²) < 4.78 is 42.4. The van der Waals surface area contributed by atoms with Crippen LogP contribution in [0.1, 0.15) is 0 Å². The van der Waals surface area contributed by atoms with Crippen LogP contribution in [0.4, 0.5) is 0 Å². The van der Waals surface area contributed by atoms with Crippen molar-refractivity contribution in [2.24, 2.45) is 5.11 Å². The van der Waals surface area contributed by atoms with Gasteiger partial charge < -0.3 is 37.9 Å². The predicted octanol–water partition coefficient (Wildman–Crippen LogP) is 1.06. The highest BCUT2D eigenvalue weighted by molar-refractivity contribution is 4.82. The minimum absolute atomic E-state index is 0.309. The molecule has 0 saturated carbocycles. The Morgan fingerprint density at radius 1 is 0.533 bits per heavy atom. The average Bonchev–Trinajstić information content (AvgIpc) is 2.76. The van der Waals surface area contributed by atoms with Crippen LogP contribution in [0.5, 0.6) is 0 Å². The summed E-state index contributed by atoms with van der Waals surface area (Å²) in [6.45, 7) is 8.05. The molecule has 0 radical (unpaired) electrons. The van der Waals surface area contributed by atoms with Gasteiger partial charge in [0.1, 0.15) is 6.61 Å². The number of azide groups is 1. The first kappa shape index (κ1) is 28.5. The predicted molar refractivity (Wildman–Crippen MR) is 109 cm³/mol. The molecule has 0 rings (SSSR count). The van der Waals surface area contributed by atoms with Crippen LogP contribution in [-0.4, -0.2) is 112 Å². The molecule has 0 N–H and O–H groups in total. The van der Waals surface area contributed by atoms with Crippen molar-refractivity contribution in [2.75, 3.05) is 112 Å². The average molecular weight is 434 g/mol. The van der Waals surface area contributed by atoms with E-state index in [9.17, 15) is 0 Å². The van der Waals surface area contributed by atoms with Crippen LogP contribution in [-0.2, 0) is 37.9 Å².